The van der Waals surface area contributed by atoms with Crippen molar-refractivity contribution in [3.05, 3.63) is 29.8 Å². The normalized spacial score (nSPS) is 20.4. The van der Waals surface area contributed by atoms with Crippen LogP contribution >= 0.6 is 0 Å². The van der Waals surface area contributed by atoms with Crippen LogP contribution in [0.2, 0.25) is 0 Å². The quantitative estimate of drug-likeness (QED) is 0.851. The minimum atomic E-state index is -4.90. The number of alkyl halides is 3. The Labute approximate surface area is 144 Å². The molecule has 1 aromatic carbocycles. The summed E-state index contributed by atoms with van der Waals surface area (Å²) < 4.78 is 37.3. The number of hydrogen-bond acceptors (Lipinski definition) is 3. The zero-order valence-corrected chi connectivity index (χ0v) is 14.0. The van der Waals surface area contributed by atoms with Crippen molar-refractivity contribution in [2.24, 2.45) is 11.7 Å². The zero-order chi connectivity index (χ0) is 18.6. The minimum absolute atomic E-state index is 0.0408. The van der Waals surface area contributed by atoms with E-state index in [1.165, 1.54) is 0 Å². The summed E-state index contributed by atoms with van der Waals surface area (Å²) in [7, 11) is 1.09. The number of rotatable bonds is 5. The summed E-state index contributed by atoms with van der Waals surface area (Å²) in [5.74, 6) is -1.91. The Morgan fingerprint density at radius 2 is 2.04 bits per heavy atom. The summed E-state index contributed by atoms with van der Waals surface area (Å²) in [6, 6.07) is 6.48. The van der Waals surface area contributed by atoms with Gasteiger partial charge in [0.05, 0.1) is 0 Å². The van der Waals surface area contributed by atoms with Gasteiger partial charge in [0.2, 0.25) is 5.91 Å². The van der Waals surface area contributed by atoms with Crippen LogP contribution in [-0.4, -0.2) is 36.0 Å². The van der Waals surface area contributed by atoms with Crippen molar-refractivity contribution in [2.45, 2.75) is 44.4 Å². The predicted molar refractivity (Wildman–Crippen MR) is 87.5 cm³/mol. The van der Waals surface area contributed by atoms with E-state index in [1.54, 1.807) is 24.3 Å². The number of carbonyl (C=O) groups excluding carboxylic acids is 2. The second-order valence-corrected chi connectivity index (χ2v) is 6.47. The highest BCUT2D eigenvalue weighted by atomic mass is 19.4. The van der Waals surface area contributed by atoms with Gasteiger partial charge >= 0.3 is 12.1 Å². The third kappa shape index (κ3) is 5.45. The molecule has 138 valence electrons. The van der Waals surface area contributed by atoms with Gasteiger partial charge in [0, 0.05) is 31.7 Å². The summed E-state index contributed by atoms with van der Waals surface area (Å²) in [5.41, 5.74) is 6.94. The molecular weight excluding hydrogens is 335 g/mol. The molecule has 0 bridgehead atoms. The lowest BCUT2D eigenvalue weighted by Crippen LogP contribution is -2.37. The van der Waals surface area contributed by atoms with E-state index in [4.69, 9.17) is 5.73 Å². The summed E-state index contributed by atoms with van der Waals surface area (Å²) in [6.07, 6.45) is -1.70. The third-order valence-electron chi connectivity index (χ3n) is 4.39. The molecule has 1 saturated carbocycles. The molecule has 25 heavy (non-hydrogen) atoms. The topological polar surface area (TPSA) is 75.4 Å². The van der Waals surface area contributed by atoms with Gasteiger partial charge in [-0.05, 0) is 36.5 Å². The zero-order valence-electron chi connectivity index (χ0n) is 14.0. The van der Waals surface area contributed by atoms with Gasteiger partial charge < -0.3 is 16.0 Å². The van der Waals surface area contributed by atoms with Crippen LogP contribution in [0.15, 0.2) is 24.3 Å². The third-order valence-corrected chi connectivity index (χ3v) is 4.39. The lowest BCUT2D eigenvalue weighted by atomic mass is 10.00. The molecule has 3 N–H and O–H groups in total. The first-order valence-corrected chi connectivity index (χ1v) is 8.13. The highest BCUT2D eigenvalue weighted by molar-refractivity contribution is 5.91. The Hall–Kier alpha value is -2.09. The Morgan fingerprint density at radius 3 is 2.64 bits per heavy atom. The van der Waals surface area contributed by atoms with Crippen LogP contribution in [0.25, 0.3) is 0 Å². The monoisotopic (exact) mass is 357 g/mol. The molecule has 0 aliphatic heterocycles. The van der Waals surface area contributed by atoms with Crippen LogP contribution in [0.1, 0.15) is 31.2 Å². The van der Waals surface area contributed by atoms with Gasteiger partial charge in [-0.25, -0.2) is 0 Å². The van der Waals surface area contributed by atoms with E-state index in [-0.39, 0.29) is 24.4 Å². The smallest absolute Gasteiger partial charge is 0.334 e. The summed E-state index contributed by atoms with van der Waals surface area (Å²) in [5, 5.41) is 2.74. The fourth-order valence-electron chi connectivity index (χ4n) is 3.08. The van der Waals surface area contributed by atoms with E-state index >= 15 is 0 Å². The molecule has 0 aromatic heterocycles. The molecule has 2 rings (SSSR count). The first-order valence-electron chi connectivity index (χ1n) is 8.13. The van der Waals surface area contributed by atoms with E-state index in [1.807, 2.05) is 0 Å². The summed E-state index contributed by atoms with van der Waals surface area (Å²) in [6.45, 7) is -0.199. The number of anilines is 1. The van der Waals surface area contributed by atoms with Crippen molar-refractivity contribution < 1.29 is 22.8 Å². The molecule has 0 spiro atoms. The van der Waals surface area contributed by atoms with Crippen molar-refractivity contribution in [2.75, 3.05) is 12.4 Å². The van der Waals surface area contributed by atoms with E-state index in [9.17, 15) is 22.8 Å². The molecule has 1 aromatic rings. The molecule has 5 nitrogen and oxygen atoms in total. The van der Waals surface area contributed by atoms with E-state index < -0.39 is 12.1 Å². The van der Waals surface area contributed by atoms with Crippen LogP contribution in [0.4, 0.5) is 18.9 Å². The minimum Gasteiger partial charge on any atom is -0.334 e. The van der Waals surface area contributed by atoms with Gasteiger partial charge in [-0.2, -0.15) is 13.2 Å². The molecule has 0 heterocycles. The van der Waals surface area contributed by atoms with Crippen molar-refractivity contribution >= 4 is 17.5 Å². The number of benzene rings is 1. The Kier molecular flexibility index (Phi) is 6.05. The van der Waals surface area contributed by atoms with Gasteiger partial charge in [-0.3, -0.25) is 9.59 Å². The SMILES string of the molecule is CN(Cc1cccc(NC(=O)C[C@@H]2CCC[C@H]2N)c1)C(=O)C(F)(F)F. The van der Waals surface area contributed by atoms with Gasteiger partial charge in [-0.15, -0.1) is 0 Å². The highest BCUT2D eigenvalue weighted by Gasteiger charge is 2.41. The van der Waals surface area contributed by atoms with Crippen molar-refractivity contribution in [3.8, 4) is 0 Å². The van der Waals surface area contributed by atoms with Gasteiger partial charge in [-0.1, -0.05) is 18.6 Å². The number of carbonyl (C=O) groups is 2. The second kappa shape index (κ2) is 7.86. The second-order valence-electron chi connectivity index (χ2n) is 6.47. The molecule has 8 heteroatoms. The van der Waals surface area contributed by atoms with Crippen molar-refractivity contribution in [1.82, 2.24) is 4.90 Å². The van der Waals surface area contributed by atoms with Crippen LogP contribution in [0.3, 0.4) is 0 Å². The first kappa shape index (κ1) is 19.2. The first-order chi connectivity index (χ1) is 11.7. The average molecular weight is 357 g/mol. The average Bonchev–Trinajstić information content (AvgIpc) is 2.90. The highest BCUT2D eigenvalue weighted by Crippen LogP contribution is 2.27. The summed E-state index contributed by atoms with van der Waals surface area (Å²) in [4.78, 5) is 23.9. The maximum Gasteiger partial charge on any atom is 0.471 e. The van der Waals surface area contributed by atoms with Crippen LogP contribution in [0.5, 0.6) is 0 Å². The van der Waals surface area contributed by atoms with Crippen molar-refractivity contribution in [3.63, 3.8) is 0 Å². The lowest BCUT2D eigenvalue weighted by Gasteiger charge is -2.19. The molecule has 0 saturated heterocycles. The molecule has 2 amide bonds. The standard InChI is InChI=1S/C17H22F3N3O2/c1-23(16(25)17(18,19)20)10-11-4-2-6-13(8-11)22-15(24)9-12-5-3-7-14(12)21/h2,4,6,8,12,14H,3,5,7,9-10,21H2,1H3,(H,22,24)/t12-,14+/m0/s1. The van der Waals surface area contributed by atoms with Crippen LogP contribution < -0.4 is 11.1 Å². The fraction of sp³-hybridized carbons (Fsp3) is 0.529. The number of nitrogens with two attached hydrogens (primary N) is 1. The molecule has 0 unspecified atom stereocenters. The Balaban J connectivity index is 1.94. The van der Waals surface area contributed by atoms with E-state index in [0.717, 1.165) is 26.3 Å². The molecular formula is C17H22F3N3O2. The fourth-order valence-corrected chi connectivity index (χ4v) is 3.08. The van der Waals surface area contributed by atoms with Gasteiger partial charge in [0.25, 0.3) is 0 Å². The Bertz CT molecular complexity index is 634. The number of hydrogen-bond donors (Lipinski definition) is 2. The van der Waals surface area contributed by atoms with E-state index in [2.05, 4.69) is 5.32 Å². The Morgan fingerprint density at radius 1 is 1.32 bits per heavy atom. The number of halogens is 3. The van der Waals surface area contributed by atoms with E-state index in [0.29, 0.717) is 22.6 Å². The van der Waals surface area contributed by atoms with Crippen LogP contribution in [0, 0.1) is 5.92 Å². The summed E-state index contributed by atoms with van der Waals surface area (Å²) >= 11 is 0. The maximum atomic E-state index is 12.4. The molecule has 1 fully saturated rings. The number of amides is 2. The molecule has 1 aliphatic carbocycles. The number of nitrogens with one attached hydrogen (secondary N) is 1. The largest absolute Gasteiger partial charge is 0.471 e. The molecule has 2 atom stereocenters. The molecule has 0 radical (unpaired) electrons. The predicted octanol–water partition coefficient (Wildman–Crippen LogP) is 2.66. The maximum absolute atomic E-state index is 12.4. The van der Waals surface area contributed by atoms with Gasteiger partial charge in [0.15, 0.2) is 0 Å². The van der Waals surface area contributed by atoms with Gasteiger partial charge in [0.1, 0.15) is 0 Å². The lowest BCUT2D eigenvalue weighted by molar-refractivity contribution is -0.184. The molecule has 1 aliphatic rings. The number of nitrogens with zero attached hydrogens (tertiary/aromatic N) is 1. The van der Waals surface area contributed by atoms with Crippen LogP contribution in [-0.2, 0) is 16.1 Å². The van der Waals surface area contributed by atoms with Crippen molar-refractivity contribution in [1.29, 1.82) is 0 Å².